The lowest BCUT2D eigenvalue weighted by Gasteiger charge is -2.37. The lowest BCUT2D eigenvalue weighted by atomic mass is 9.93. The molecule has 2 aliphatic heterocycles. The van der Waals surface area contributed by atoms with Gasteiger partial charge in [-0.05, 0) is 50.8 Å². The van der Waals surface area contributed by atoms with E-state index in [1.165, 1.54) is 24.0 Å². The van der Waals surface area contributed by atoms with Gasteiger partial charge in [0.15, 0.2) is 0 Å². The minimum Gasteiger partial charge on any atom is -0.360 e. The molecule has 8 nitrogen and oxygen atoms in total. The van der Waals surface area contributed by atoms with Gasteiger partial charge in [0.1, 0.15) is 0 Å². The summed E-state index contributed by atoms with van der Waals surface area (Å²) in [6.07, 6.45) is 8.93. The van der Waals surface area contributed by atoms with Crippen LogP contribution in [0.2, 0.25) is 0 Å². The Morgan fingerprint density at radius 3 is 2.61 bits per heavy atom. The maximum atomic E-state index is 10.9. The van der Waals surface area contributed by atoms with Crippen molar-refractivity contribution in [3.8, 4) is 0 Å². The van der Waals surface area contributed by atoms with Crippen molar-refractivity contribution in [2.75, 3.05) is 5.32 Å². The van der Waals surface area contributed by atoms with Crippen LogP contribution >= 0.6 is 7.82 Å². The lowest BCUT2D eigenvalue weighted by Crippen LogP contribution is -2.42. The van der Waals surface area contributed by atoms with Crippen LogP contribution in [-0.4, -0.2) is 49.1 Å². The molecular weight excluding hydrogens is 381 g/mol. The summed E-state index contributed by atoms with van der Waals surface area (Å²) in [5, 5.41) is 3.97. The second-order valence-electron chi connectivity index (χ2n) is 7.44. The van der Waals surface area contributed by atoms with E-state index in [1.54, 1.807) is 0 Å². The Morgan fingerprint density at radius 1 is 1.29 bits per heavy atom. The number of hydrogen-bond donors (Lipinski definition) is 5. The molecule has 1 saturated heterocycles. The number of nitrogens with zero attached hydrogens (tertiary/aromatic N) is 1. The molecule has 1 aromatic heterocycles. The fourth-order valence-corrected chi connectivity index (χ4v) is 4.49. The predicted molar refractivity (Wildman–Crippen MR) is 109 cm³/mol. The average molecular weight is 407 g/mol. The van der Waals surface area contributed by atoms with Gasteiger partial charge in [0, 0.05) is 40.8 Å². The number of phosphoric acid groups is 1. The van der Waals surface area contributed by atoms with Crippen molar-refractivity contribution in [2.24, 2.45) is 0 Å². The van der Waals surface area contributed by atoms with Crippen LogP contribution in [0.3, 0.4) is 0 Å². The van der Waals surface area contributed by atoms with E-state index in [1.807, 2.05) is 12.1 Å². The first-order valence-corrected chi connectivity index (χ1v) is 10.8. The Hall–Kier alpha value is -1.96. The smallest absolute Gasteiger partial charge is 0.360 e. The number of aromatic amines is 1. The van der Waals surface area contributed by atoms with E-state index in [-0.39, 0.29) is 0 Å². The quantitative estimate of drug-likeness (QED) is 0.392. The fourth-order valence-electron chi connectivity index (χ4n) is 4.49. The van der Waals surface area contributed by atoms with Crippen LogP contribution in [0.1, 0.15) is 38.7 Å². The zero-order valence-corrected chi connectivity index (χ0v) is 16.8. The largest absolute Gasteiger partial charge is 0.466 e. The van der Waals surface area contributed by atoms with Gasteiger partial charge in [-0.25, -0.2) is 4.57 Å². The second-order valence-corrected chi connectivity index (χ2v) is 8.47. The van der Waals surface area contributed by atoms with Gasteiger partial charge >= 0.3 is 7.82 Å². The summed E-state index contributed by atoms with van der Waals surface area (Å²) in [5.41, 5.74) is 4.62. The number of aromatic nitrogens is 1. The molecule has 3 heterocycles. The monoisotopic (exact) mass is 407 g/mol. The molecule has 28 heavy (non-hydrogen) atoms. The maximum Gasteiger partial charge on any atom is 0.466 e. The van der Waals surface area contributed by atoms with Gasteiger partial charge in [0.2, 0.25) is 6.41 Å². The number of carbonyl (C=O) groups is 1. The van der Waals surface area contributed by atoms with Gasteiger partial charge in [-0.3, -0.25) is 9.69 Å². The van der Waals surface area contributed by atoms with Crippen LogP contribution in [0, 0.1) is 0 Å². The number of carbonyl (C=O) groups excluding carboxylic acids is 1. The fraction of sp³-hybridized carbons (Fsp3) is 0.421. The topological polar surface area (TPSA) is 126 Å². The third kappa shape index (κ3) is 4.54. The highest BCUT2D eigenvalue weighted by atomic mass is 31.2. The number of benzene rings is 1. The van der Waals surface area contributed by atoms with E-state index >= 15 is 0 Å². The highest BCUT2D eigenvalue weighted by molar-refractivity contribution is 7.45. The zero-order valence-electron chi connectivity index (χ0n) is 15.9. The van der Waals surface area contributed by atoms with Crippen molar-refractivity contribution in [1.82, 2.24) is 9.88 Å². The first-order chi connectivity index (χ1) is 13.2. The minimum atomic E-state index is -4.64. The Bertz CT molecular complexity index is 925. The molecule has 0 aliphatic carbocycles. The van der Waals surface area contributed by atoms with Crippen LogP contribution < -0.4 is 5.32 Å². The van der Waals surface area contributed by atoms with Gasteiger partial charge in [0.25, 0.3) is 0 Å². The summed E-state index contributed by atoms with van der Waals surface area (Å²) in [5.74, 6) is 0. The first kappa shape index (κ1) is 20.8. The molecule has 2 atom stereocenters. The second kappa shape index (κ2) is 8.19. The van der Waals surface area contributed by atoms with Gasteiger partial charge < -0.3 is 25.0 Å². The summed E-state index contributed by atoms with van der Waals surface area (Å²) in [6, 6.07) is 7.80. The molecule has 1 fully saturated rings. The van der Waals surface area contributed by atoms with Crippen molar-refractivity contribution in [2.45, 2.75) is 51.2 Å². The summed E-state index contributed by atoms with van der Waals surface area (Å²) < 4.78 is 8.88. The molecule has 152 valence electrons. The van der Waals surface area contributed by atoms with Crippen LogP contribution in [0.5, 0.6) is 0 Å². The predicted octanol–water partition coefficient (Wildman–Crippen LogP) is 2.84. The number of amides is 1. The standard InChI is InChI=1S/C19H23N3O.H3O4P/c1-12(2)22-14-6-7-15(22)9-13(8-14)16-10-20-17-4-3-5-18(19(16)17)21-11-23;1-5(2,3)4/h3-5,8,10-12,14-15,20H,6-7,9H2,1-2H3,(H,21,23);(H3,1,2,3,4). The molecule has 2 aliphatic rings. The molecule has 1 amide bonds. The summed E-state index contributed by atoms with van der Waals surface area (Å²) in [7, 11) is -4.64. The van der Waals surface area contributed by atoms with E-state index in [0.717, 1.165) is 29.4 Å². The Kier molecular flexibility index (Phi) is 6.07. The van der Waals surface area contributed by atoms with Gasteiger partial charge in [0.05, 0.1) is 5.69 Å². The molecule has 1 aromatic carbocycles. The van der Waals surface area contributed by atoms with Crippen molar-refractivity contribution < 1.29 is 24.0 Å². The molecule has 0 saturated carbocycles. The number of rotatable bonds is 4. The average Bonchev–Trinajstić information content (AvgIpc) is 3.13. The van der Waals surface area contributed by atoms with Gasteiger partial charge in [-0.1, -0.05) is 12.1 Å². The first-order valence-electron chi connectivity index (χ1n) is 9.26. The molecule has 4 rings (SSSR count). The maximum absolute atomic E-state index is 10.9. The Morgan fingerprint density at radius 2 is 2.00 bits per heavy atom. The van der Waals surface area contributed by atoms with E-state index < -0.39 is 7.82 Å². The van der Waals surface area contributed by atoms with Gasteiger partial charge in [-0.2, -0.15) is 0 Å². The van der Waals surface area contributed by atoms with Crippen LogP contribution in [0.15, 0.2) is 30.5 Å². The number of fused-ring (bicyclic) bond motifs is 3. The molecule has 2 aromatic rings. The summed E-state index contributed by atoms with van der Waals surface area (Å²) >= 11 is 0. The normalized spacial score (nSPS) is 22.0. The number of H-pyrrole nitrogens is 1. The highest BCUT2D eigenvalue weighted by Gasteiger charge is 2.38. The third-order valence-corrected chi connectivity index (χ3v) is 5.31. The molecular formula is C19H26N3O5P. The highest BCUT2D eigenvalue weighted by Crippen LogP contribution is 2.42. The van der Waals surface area contributed by atoms with Crippen molar-refractivity contribution in [3.63, 3.8) is 0 Å². The number of anilines is 1. The van der Waals surface area contributed by atoms with Crippen molar-refractivity contribution >= 4 is 36.4 Å². The number of nitrogens with one attached hydrogen (secondary N) is 2. The lowest BCUT2D eigenvalue weighted by molar-refractivity contribution is -0.105. The summed E-state index contributed by atoms with van der Waals surface area (Å²) in [4.78, 5) is 38.5. The van der Waals surface area contributed by atoms with E-state index in [4.69, 9.17) is 19.2 Å². The SMILES string of the molecule is CC(C)N1C2C=C(c3c[nH]c4cccc(NC=O)c34)CC1CC2.O=P(O)(O)O. The van der Waals surface area contributed by atoms with Crippen LogP contribution in [-0.2, 0) is 9.36 Å². The van der Waals surface area contributed by atoms with E-state index in [0.29, 0.717) is 18.1 Å². The molecule has 9 heteroatoms. The van der Waals surface area contributed by atoms with Crippen LogP contribution in [0.4, 0.5) is 5.69 Å². The Labute approximate surface area is 163 Å². The number of hydrogen-bond acceptors (Lipinski definition) is 3. The summed E-state index contributed by atoms with van der Waals surface area (Å²) in [6.45, 7) is 4.59. The molecule has 2 bridgehead atoms. The van der Waals surface area contributed by atoms with Crippen molar-refractivity contribution in [1.29, 1.82) is 0 Å². The van der Waals surface area contributed by atoms with Gasteiger partial charge in [-0.15, -0.1) is 0 Å². The van der Waals surface area contributed by atoms with E-state index in [2.05, 4.69) is 47.4 Å². The van der Waals surface area contributed by atoms with Crippen molar-refractivity contribution in [3.05, 3.63) is 36.0 Å². The molecule has 0 radical (unpaired) electrons. The molecule has 5 N–H and O–H groups in total. The van der Waals surface area contributed by atoms with Crippen LogP contribution in [0.25, 0.3) is 16.5 Å². The zero-order chi connectivity index (χ0) is 20.5. The molecule has 0 spiro atoms. The third-order valence-electron chi connectivity index (χ3n) is 5.31. The minimum absolute atomic E-state index is 0.555. The Balaban J connectivity index is 0.000000403. The molecule has 2 unspecified atom stereocenters. The van der Waals surface area contributed by atoms with E-state index in [9.17, 15) is 4.79 Å².